The van der Waals surface area contributed by atoms with Crippen molar-refractivity contribution in [3.8, 4) is 0 Å². The number of benzene rings is 1. The van der Waals surface area contributed by atoms with E-state index in [2.05, 4.69) is 0 Å². The van der Waals surface area contributed by atoms with Gasteiger partial charge in [0.05, 0.1) is 0 Å². The van der Waals surface area contributed by atoms with E-state index in [1.54, 1.807) is 0 Å². The summed E-state index contributed by atoms with van der Waals surface area (Å²) in [5, 5.41) is 0. The Hall–Kier alpha value is -1.43. The van der Waals surface area contributed by atoms with Gasteiger partial charge in [0.15, 0.2) is 5.78 Å². The van der Waals surface area contributed by atoms with E-state index in [0.29, 0.717) is 10.5 Å². The van der Waals surface area contributed by atoms with E-state index in [1.807, 2.05) is 0 Å². The zero-order valence-electron chi connectivity index (χ0n) is 10.1. The van der Waals surface area contributed by atoms with Crippen LogP contribution in [0.25, 0.3) is 0 Å². The summed E-state index contributed by atoms with van der Waals surface area (Å²) in [6, 6.07) is 5.09. The van der Waals surface area contributed by atoms with Gasteiger partial charge in [-0.2, -0.15) is 13.2 Å². The third-order valence-corrected chi connectivity index (χ3v) is 3.35. The van der Waals surface area contributed by atoms with E-state index in [0.717, 1.165) is 0 Å². The number of hydrogen-bond acceptors (Lipinski definition) is 2. The molecule has 1 fully saturated rings. The molecular formula is C13H13F4NO. The molecule has 1 aliphatic rings. The minimum atomic E-state index is -4.33. The number of piperidine rings is 1. The maximum atomic E-state index is 12.7. The molecule has 0 radical (unpaired) electrons. The van der Waals surface area contributed by atoms with Gasteiger partial charge in [-0.15, -0.1) is 0 Å². The fourth-order valence-corrected chi connectivity index (χ4v) is 2.25. The molecule has 0 N–H and O–H groups in total. The summed E-state index contributed by atoms with van der Waals surface area (Å²) in [7, 11) is 0. The monoisotopic (exact) mass is 275 g/mol. The highest BCUT2D eigenvalue weighted by Gasteiger charge is 2.40. The van der Waals surface area contributed by atoms with E-state index < -0.39 is 18.0 Å². The van der Waals surface area contributed by atoms with Crippen LogP contribution >= 0.6 is 0 Å². The molecule has 0 unspecified atom stereocenters. The Kier molecular flexibility index (Phi) is 3.89. The lowest BCUT2D eigenvalue weighted by Crippen LogP contribution is -2.44. The number of rotatable bonds is 2. The molecule has 19 heavy (non-hydrogen) atoms. The predicted octanol–water partition coefficient (Wildman–Crippen LogP) is 3.24. The number of hydrogen-bond donors (Lipinski definition) is 0. The Morgan fingerprint density at radius 3 is 2.11 bits per heavy atom. The molecule has 0 amide bonds. The fraction of sp³-hybridized carbons (Fsp3) is 0.462. The summed E-state index contributed by atoms with van der Waals surface area (Å²) < 4.78 is 50.0. The van der Waals surface area contributed by atoms with E-state index in [1.165, 1.54) is 24.3 Å². The summed E-state index contributed by atoms with van der Waals surface area (Å²) in [5.41, 5.74) is 0.354. The van der Waals surface area contributed by atoms with Gasteiger partial charge >= 0.3 is 6.30 Å². The largest absolute Gasteiger partial charge is 0.459 e. The molecule has 0 saturated carbocycles. The minimum absolute atomic E-state index is 0.166. The average Bonchev–Trinajstić information content (AvgIpc) is 2.38. The van der Waals surface area contributed by atoms with Crippen molar-refractivity contribution in [2.24, 2.45) is 5.92 Å². The topological polar surface area (TPSA) is 20.3 Å². The second-order valence-electron chi connectivity index (χ2n) is 4.60. The molecular weight excluding hydrogens is 262 g/mol. The number of carbonyl (C=O) groups is 1. The lowest BCUT2D eigenvalue weighted by atomic mass is 9.89. The van der Waals surface area contributed by atoms with Crippen molar-refractivity contribution < 1.29 is 22.4 Å². The molecule has 0 aliphatic carbocycles. The molecule has 1 saturated heterocycles. The van der Waals surface area contributed by atoms with Gasteiger partial charge in [0.2, 0.25) is 0 Å². The van der Waals surface area contributed by atoms with E-state index in [-0.39, 0.29) is 31.7 Å². The van der Waals surface area contributed by atoms with Crippen LogP contribution in [0.5, 0.6) is 0 Å². The normalized spacial score (nSPS) is 18.5. The number of Topliss-reactive ketones (excluding diaryl/α,β-unsaturated/α-hetero) is 1. The summed E-state index contributed by atoms with van der Waals surface area (Å²) in [6.45, 7) is -0.331. The van der Waals surface area contributed by atoms with Crippen LogP contribution in [0.15, 0.2) is 24.3 Å². The first-order valence-electron chi connectivity index (χ1n) is 5.99. The Morgan fingerprint density at radius 1 is 1.11 bits per heavy atom. The molecule has 104 valence electrons. The van der Waals surface area contributed by atoms with E-state index >= 15 is 0 Å². The van der Waals surface area contributed by atoms with Crippen LogP contribution in [0.1, 0.15) is 23.2 Å². The summed E-state index contributed by atoms with van der Waals surface area (Å²) >= 11 is 0. The van der Waals surface area contributed by atoms with Crippen LogP contribution in [-0.4, -0.2) is 30.1 Å². The first-order chi connectivity index (χ1) is 8.88. The number of nitrogens with zero attached hydrogens (tertiary/aromatic N) is 1. The first-order valence-corrected chi connectivity index (χ1v) is 5.99. The maximum Gasteiger partial charge on any atom is 0.459 e. The van der Waals surface area contributed by atoms with Gasteiger partial charge in [0.1, 0.15) is 5.82 Å². The van der Waals surface area contributed by atoms with E-state index in [9.17, 15) is 22.4 Å². The number of halogens is 4. The maximum absolute atomic E-state index is 12.7. The van der Waals surface area contributed by atoms with Gasteiger partial charge in [-0.1, -0.05) is 0 Å². The third kappa shape index (κ3) is 3.32. The molecule has 1 heterocycles. The van der Waals surface area contributed by atoms with Crippen LogP contribution in [0.3, 0.4) is 0 Å². The van der Waals surface area contributed by atoms with Crippen molar-refractivity contribution in [3.05, 3.63) is 35.6 Å². The average molecular weight is 275 g/mol. The summed E-state index contributed by atoms with van der Waals surface area (Å²) in [4.78, 5) is 12.5. The number of alkyl halides is 3. The van der Waals surface area contributed by atoms with Crippen molar-refractivity contribution in [3.63, 3.8) is 0 Å². The van der Waals surface area contributed by atoms with Gasteiger partial charge in [0.25, 0.3) is 0 Å². The Labute approximate surface area is 108 Å². The highest BCUT2D eigenvalue weighted by molar-refractivity contribution is 5.97. The van der Waals surface area contributed by atoms with E-state index in [4.69, 9.17) is 0 Å². The van der Waals surface area contributed by atoms with Crippen molar-refractivity contribution in [2.75, 3.05) is 13.1 Å². The quantitative estimate of drug-likeness (QED) is 0.469. The molecule has 2 rings (SSSR count). The molecule has 0 bridgehead atoms. The van der Waals surface area contributed by atoms with Crippen molar-refractivity contribution in [1.29, 1.82) is 0 Å². The lowest BCUT2D eigenvalue weighted by Gasteiger charge is -2.32. The predicted molar refractivity (Wildman–Crippen MR) is 61.1 cm³/mol. The zero-order chi connectivity index (χ0) is 14.0. The molecule has 0 spiro atoms. The third-order valence-electron chi connectivity index (χ3n) is 3.35. The van der Waals surface area contributed by atoms with Crippen molar-refractivity contribution in [1.82, 2.24) is 4.90 Å². The Balaban J connectivity index is 1.98. The van der Waals surface area contributed by atoms with Crippen LogP contribution in [-0.2, 0) is 0 Å². The van der Waals surface area contributed by atoms with Gasteiger partial charge in [-0.3, -0.25) is 4.79 Å². The molecule has 0 atom stereocenters. The second kappa shape index (κ2) is 5.28. The summed E-state index contributed by atoms with van der Waals surface area (Å²) in [5.74, 6) is -1.06. The molecule has 6 heteroatoms. The van der Waals surface area contributed by atoms with Crippen LogP contribution in [0.4, 0.5) is 17.6 Å². The van der Waals surface area contributed by atoms with Crippen molar-refractivity contribution >= 4 is 5.78 Å². The Bertz CT molecular complexity index is 447. The number of ketones is 1. The highest BCUT2D eigenvalue weighted by atomic mass is 19.4. The fourth-order valence-electron chi connectivity index (χ4n) is 2.25. The van der Waals surface area contributed by atoms with Gasteiger partial charge < -0.3 is 0 Å². The molecule has 1 aliphatic heterocycles. The van der Waals surface area contributed by atoms with Crippen LogP contribution < -0.4 is 0 Å². The smallest absolute Gasteiger partial charge is 0.294 e. The van der Waals surface area contributed by atoms with Gasteiger partial charge in [-0.05, 0) is 37.1 Å². The standard InChI is InChI=1S/C13H13F4NO/c14-11-3-1-9(2-4-11)12(19)10-5-7-18(8-6-10)13(15,16)17/h1-4,10H,5-8H2. The lowest BCUT2D eigenvalue weighted by molar-refractivity contribution is -0.250. The zero-order valence-corrected chi connectivity index (χ0v) is 10.1. The molecule has 0 aromatic heterocycles. The Morgan fingerprint density at radius 2 is 1.63 bits per heavy atom. The number of likely N-dealkylation sites (tertiary alicyclic amines) is 1. The van der Waals surface area contributed by atoms with Gasteiger partial charge in [0, 0.05) is 24.6 Å². The van der Waals surface area contributed by atoms with Crippen molar-refractivity contribution in [2.45, 2.75) is 19.1 Å². The minimum Gasteiger partial charge on any atom is -0.294 e. The van der Waals surface area contributed by atoms with Gasteiger partial charge in [-0.25, -0.2) is 9.29 Å². The SMILES string of the molecule is O=C(c1ccc(F)cc1)C1CCN(C(F)(F)F)CC1. The van der Waals surface area contributed by atoms with Crippen LogP contribution in [0.2, 0.25) is 0 Å². The molecule has 1 aromatic carbocycles. The highest BCUT2D eigenvalue weighted by Crippen LogP contribution is 2.29. The van der Waals surface area contributed by atoms with Crippen LogP contribution in [0, 0.1) is 11.7 Å². The second-order valence-corrected chi connectivity index (χ2v) is 4.60. The molecule has 2 nitrogen and oxygen atoms in total. The molecule has 1 aromatic rings. The number of carbonyl (C=O) groups excluding carboxylic acids is 1. The first kappa shape index (κ1) is 14.0. The summed E-state index contributed by atoms with van der Waals surface area (Å²) in [6.07, 6.45) is -3.98.